The second-order valence-electron chi connectivity index (χ2n) is 4.93. The third-order valence-electron chi connectivity index (χ3n) is 3.56. The van der Waals surface area contributed by atoms with Crippen LogP contribution in [0.25, 0.3) is 11.0 Å². The van der Waals surface area contributed by atoms with Crippen molar-refractivity contribution < 1.29 is 4.39 Å². The minimum atomic E-state index is -0.201. The smallest absolute Gasteiger partial charge is 0.178 e. The van der Waals surface area contributed by atoms with E-state index in [1.165, 1.54) is 17.7 Å². The average Bonchev–Trinajstić information content (AvgIpc) is 2.76. The van der Waals surface area contributed by atoms with Crippen LogP contribution in [0.1, 0.15) is 11.1 Å². The van der Waals surface area contributed by atoms with E-state index in [2.05, 4.69) is 28.6 Å². The Labute approximate surface area is 121 Å². The number of halogens is 1. The molecule has 1 aromatic heterocycles. The lowest BCUT2D eigenvalue weighted by Gasteiger charge is -2.05. The Balaban J connectivity index is 1.91. The lowest BCUT2D eigenvalue weighted by molar-refractivity contribution is 0.625. The molecule has 102 valence electrons. The van der Waals surface area contributed by atoms with E-state index in [1.807, 2.05) is 18.2 Å². The molecule has 4 heteroatoms. The fourth-order valence-electron chi connectivity index (χ4n) is 2.44. The minimum Gasteiger partial charge on any atom is -0.330 e. The van der Waals surface area contributed by atoms with Crippen molar-refractivity contribution >= 4 is 23.3 Å². The SMILES string of the molecule is Cc1cccc2c1[nH]c(=S)n2CCc1ccc(F)cc1. The molecule has 3 aromatic rings. The molecule has 0 spiro atoms. The summed E-state index contributed by atoms with van der Waals surface area (Å²) in [5, 5.41) is 0. The molecule has 0 atom stereocenters. The van der Waals surface area contributed by atoms with Gasteiger partial charge in [-0.05, 0) is 54.9 Å². The number of benzene rings is 2. The molecule has 1 N–H and O–H groups in total. The third-order valence-corrected chi connectivity index (χ3v) is 3.88. The Kier molecular flexibility index (Phi) is 3.40. The second-order valence-corrected chi connectivity index (χ2v) is 5.31. The number of para-hydroxylation sites is 1. The van der Waals surface area contributed by atoms with Gasteiger partial charge in [0.15, 0.2) is 4.77 Å². The molecule has 1 heterocycles. The standard InChI is InChI=1S/C16H15FN2S/c1-11-3-2-4-14-15(11)18-16(20)19(14)10-9-12-5-7-13(17)8-6-12/h2-8H,9-10H2,1H3,(H,18,20). The van der Waals surface area contributed by atoms with Crippen molar-refractivity contribution in [3.63, 3.8) is 0 Å². The van der Waals surface area contributed by atoms with Crippen LogP contribution in [-0.2, 0) is 13.0 Å². The number of nitrogens with zero attached hydrogens (tertiary/aromatic N) is 1. The summed E-state index contributed by atoms with van der Waals surface area (Å²) < 4.78 is 15.7. The molecule has 0 amide bonds. The summed E-state index contributed by atoms with van der Waals surface area (Å²) in [5.41, 5.74) is 4.51. The van der Waals surface area contributed by atoms with Crippen molar-refractivity contribution in [2.75, 3.05) is 0 Å². The maximum Gasteiger partial charge on any atom is 0.178 e. The van der Waals surface area contributed by atoms with Crippen LogP contribution in [0.15, 0.2) is 42.5 Å². The molecule has 0 aliphatic rings. The summed E-state index contributed by atoms with van der Waals surface area (Å²) in [5.74, 6) is -0.201. The number of hydrogen-bond acceptors (Lipinski definition) is 1. The normalized spacial score (nSPS) is 11.1. The van der Waals surface area contributed by atoms with Gasteiger partial charge in [0.1, 0.15) is 5.82 Å². The number of nitrogens with one attached hydrogen (secondary N) is 1. The average molecular weight is 286 g/mol. The van der Waals surface area contributed by atoms with Crippen molar-refractivity contribution in [3.05, 3.63) is 64.2 Å². The zero-order chi connectivity index (χ0) is 14.1. The Hall–Kier alpha value is -1.94. The maximum atomic E-state index is 12.9. The van der Waals surface area contributed by atoms with Crippen LogP contribution >= 0.6 is 12.2 Å². The first kappa shape index (κ1) is 13.1. The molecule has 0 radical (unpaired) electrons. The lowest BCUT2D eigenvalue weighted by Crippen LogP contribution is -2.01. The Bertz CT molecular complexity index is 799. The largest absolute Gasteiger partial charge is 0.330 e. The van der Waals surface area contributed by atoms with Crippen molar-refractivity contribution in [2.45, 2.75) is 19.9 Å². The van der Waals surface area contributed by atoms with Crippen molar-refractivity contribution in [3.8, 4) is 0 Å². The summed E-state index contributed by atoms with van der Waals surface area (Å²) in [7, 11) is 0. The van der Waals surface area contributed by atoms with Crippen LogP contribution in [-0.4, -0.2) is 9.55 Å². The highest BCUT2D eigenvalue weighted by Crippen LogP contribution is 2.18. The number of imidazole rings is 1. The number of aromatic nitrogens is 2. The number of fused-ring (bicyclic) bond motifs is 1. The number of aryl methyl sites for hydroxylation is 3. The first-order valence-electron chi connectivity index (χ1n) is 6.58. The molecule has 20 heavy (non-hydrogen) atoms. The third kappa shape index (κ3) is 2.39. The number of H-pyrrole nitrogens is 1. The molecule has 0 bridgehead atoms. The van der Waals surface area contributed by atoms with Gasteiger partial charge in [-0.25, -0.2) is 4.39 Å². The van der Waals surface area contributed by atoms with Crippen LogP contribution in [0, 0.1) is 17.5 Å². The lowest BCUT2D eigenvalue weighted by atomic mass is 10.1. The van der Waals surface area contributed by atoms with Crippen molar-refractivity contribution in [1.82, 2.24) is 9.55 Å². The highest BCUT2D eigenvalue weighted by atomic mass is 32.1. The van der Waals surface area contributed by atoms with Crippen molar-refractivity contribution in [1.29, 1.82) is 0 Å². The van der Waals surface area contributed by atoms with Gasteiger partial charge < -0.3 is 9.55 Å². The van der Waals surface area contributed by atoms with E-state index in [1.54, 1.807) is 0 Å². The van der Waals surface area contributed by atoms with Gasteiger partial charge in [0, 0.05) is 6.54 Å². The highest BCUT2D eigenvalue weighted by Gasteiger charge is 2.06. The van der Waals surface area contributed by atoms with E-state index in [0.717, 1.165) is 34.3 Å². The number of aromatic amines is 1. The molecule has 2 aromatic carbocycles. The van der Waals surface area contributed by atoms with E-state index in [9.17, 15) is 4.39 Å². The van der Waals surface area contributed by atoms with Crippen molar-refractivity contribution in [2.24, 2.45) is 0 Å². The molecule has 2 nitrogen and oxygen atoms in total. The van der Waals surface area contributed by atoms with Gasteiger partial charge in [-0.1, -0.05) is 24.3 Å². The Morgan fingerprint density at radius 1 is 1.15 bits per heavy atom. The van der Waals surface area contributed by atoms with E-state index >= 15 is 0 Å². The van der Waals surface area contributed by atoms with Gasteiger partial charge in [-0.2, -0.15) is 0 Å². The van der Waals surface area contributed by atoms with Crippen LogP contribution < -0.4 is 0 Å². The molecular formula is C16H15FN2S. The highest BCUT2D eigenvalue weighted by molar-refractivity contribution is 7.71. The molecule has 0 unspecified atom stereocenters. The van der Waals surface area contributed by atoms with Gasteiger partial charge >= 0.3 is 0 Å². The van der Waals surface area contributed by atoms with E-state index in [-0.39, 0.29) is 5.82 Å². The summed E-state index contributed by atoms with van der Waals surface area (Å²) in [6.07, 6.45) is 0.829. The monoisotopic (exact) mass is 286 g/mol. The fraction of sp³-hybridized carbons (Fsp3) is 0.188. The molecule has 0 fully saturated rings. The summed E-state index contributed by atoms with van der Waals surface area (Å²) in [6.45, 7) is 2.85. The van der Waals surface area contributed by atoms with E-state index < -0.39 is 0 Å². The maximum absolute atomic E-state index is 12.9. The first-order valence-corrected chi connectivity index (χ1v) is 6.98. The van der Waals surface area contributed by atoms with E-state index in [0.29, 0.717) is 0 Å². The molecule has 3 rings (SSSR count). The van der Waals surface area contributed by atoms with Crippen LogP contribution in [0.3, 0.4) is 0 Å². The fourth-order valence-corrected chi connectivity index (χ4v) is 2.73. The Morgan fingerprint density at radius 2 is 1.90 bits per heavy atom. The molecule has 0 saturated heterocycles. The van der Waals surface area contributed by atoms with E-state index in [4.69, 9.17) is 12.2 Å². The summed E-state index contributed by atoms with van der Waals surface area (Å²) >= 11 is 5.40. The zero-order valence-corrected chi connectivity index (χ0v) is 12.0. The minimum absolute atomic E-state index is 0.201. The quantitative estimate of drug-likeness (QED) is 0.708. The van der Waals surface area contributed by atoms with Crippen LogP contribution in [0.4, 0.5) is 4.39 Å². The van der Waals surface area contributed by atoms with Crippen LogP contribution in [0.2, 0.25) is 0 Å². The molecule has 0 aliphatic carbocycles. The number of hydrogen-bond donors (Lipinski definition) is 1. The first-order chi connectivity index (χ1) is 9.65. The summed E-state index contributed by atoms with van der Waals surface area (Å²) in [6, 6.07) is 12.8. The predicted octanol–water partition coefficient (Wildman–Crippen LogP) is 4.39. The number of rotatable bonds is 3. The molecular weight excluding hydrogens is 271 g/mol. The second kappa shape index (κ2) is 5.21. The van der Waals surface area contributed by atoms with Gasteiger partial charge in [0.2, 0.25) is 0 Å². The van der Waals surface area contributed by atoms with Crippen LogP contribution in [0.5, 0.6) is 0 Å². The van der Waals surface area contributed by atoms with Gasteiger partial charge in [-0.3, -0.25) is 0 Å². The molecule has 0 aliphatic heterocycles. The zero-order valence-electron chi connectivity index (χ0n) is 11.2. The topological polar surface area (TPSA) is 20.7 Å². The van der Waals surface area contributed by atoms with Gasteiger partial charge in [0.05, 0.1) is 11.0 Å². The van der Waals surface area contributed by atoms with Gasteiger partial charge in [0.25, 0.3) is 0 Å². The Morgan fingerprint density at radius 3 is 2.65 bits per heavy atom. The predicted molar refractivity (Wildman–Crippen MR) is 82.0 cm³/mol. The molecule has 0 saturated carbocycles. The van der Waals surface area contributed by atoms with Gasteiger partial charge in [-0.15, -0.1) is 0 Å². The summed E-state index contributed by atoms with van der Waals surface area (Å²) in [4.78, 5) is 3.26.